The van der Waals surface area contributed by atoms with Gasteiger partial charge in [0.05, 0.1) is 5.69 Å². The average Bonchev–Trinajstić information content (AvgIpc) is 2.86. The summed E-state index contributed by atoms with van der Waals surface area (Å²) >= 11 is 5.98. The standard InChI is InChI=1S/C15H12ClN3O2/c1-9-6-14-18(12-7-10(16)2-3-13(12)20)4-5-19(14)15(21)11(9)8-17/h2-3,6-7,20H,4-5H2,1H3. The molecule has 1 aliphatic rings. The van der Waals surface area contributed by atoms with Crippen molar-refractivity contribution >= 4 is 23.1 Å². The van der Waals surface area contributed by atoms with Crippen molar-refractivity contribution in [3.05, 3.63) is 50.8 Å². The third-order valence-corrected chi connectivity index (χ3v) is 3.87. The average molecular weight is 302 g/mol. The van der Waals surface area contributed by atoms with Gasteiger partial charge in [-0.05, 0) is 36.8 Å². The van der Waals surface area contributed by atoms with Gasteiger partial charge in [0.2, 0.25) is 0 Å². The fourth-order valence-corrected chi connectivity index (χ4v) is 2.76. The van der Waals surface area contributed by atoms with Crippen molar-refractivity contribution in [1.29, 1.82) is 5.26 Å². The Bertz CT molecular complexity index is 836. The summed E-state index contributed by atoms with van der Waals surface area (Å²) in [5, 5.41) is 19.6. The summed E-state index contributed by atoms with van der Waals surface area (Å²) in [4.78, 5) is 14.1. The number of benzene rings is 1. The lowest BCUT2D eigenvalue weighted by Crippen LogP contribution is -2.22. The molecule has 0 aliphatic carbocycles. The Morgan fingerprint density at radius 1 is 1.33 bits per heavy atom. The molecule has 0 bridgehead atoms. The zero-order valence-corrected chi connectivity index (χ0v) is 12.1. The number of aromatic nitrogens is 1. The van der Waals surface area contributed by atoms with Crippen LogP contribution in [0.2, 0.25) is 5.02 Å². The highest BCUT2D eigenvalue weighted by atomic mass is 35.5. The lowest BCUT2D eigenvalue weighted by Gasteiger charge is -2.20. The number of aromatic hydroxyl groups is 1. The Morgan fingerprint density at radius 3 is 2.81 bits per heavy atom. The van der Waals surface area contributed by atoms with E-state index in [1.165, 1.54) is 6.07 Å². The maximum Gasteiger partial charge on any atom is 0.270 e. The van der Waals surface area contributed by atoms with E-state index in [0.29, 0.717) is 35.2 Å². The molecule has 0 radical (unpaired) electrons. The summed E-state index contributed by atoms with van der Waals surface area (Å²) in [7, 11) is 0. The number of anilines is 2. The van der Waals surface area contributed by atoms with Gasteiger partial charge in [0, 0.05) is 18.1 Å². The summed E-state index contributed by atoms with van der Waals surface area (Å²) in [6, 6.07) is 8.52. The molecule has 0 atom stereocenters. The van der Waals surface area contributed by atoms with Crippen LogP contribution in [-0.4, -0.2) is 16.2 Å². The first-order valence-electron chi connectivity index (χ1n) is 6.43. The van der Waals surface area contributed by atoms with Gasteiger partial charge in [0.1, 0.15) is 23.2 Å². The van der Waals surface area contributed by atoms with Crippen LogP contribution in [0.3, 0.4) is 0 Å². The SMILES string of the molecule is Cc1cc2n(c(=O)c1C#N)CCN2c1cc(Cl)ccc1O. The lowest BCUT2D eigenvalue weighted by molar-refractivity contribution is 0.476. The second-order valence-electron chi connectivity index (χ2n) is 4.91. The molecule has 1 aromatic heterocycles. The molecule has 0 spiro atoms. The molecule has 1 aliphatic heterocycles. The van der Waals surface area contributed by atoms with E-state index in [-0.39, 0.29) is 16.9 Å². The molecule has 5 nitrogen and oxygen atoms in total. The highest BCUT2D eigenvalue weighted by Crippen LogP contribution is 2.37. The summed E-state index contributed by atoms with van der Waals surface area (Å²) < 4.78 is 1.55. The van der Waals surface area contributed by atoms with Gasteiger partial charge in [0.15, 0.2) is 0 Å². The number of hydrogen-bond donors (Lipinski definition) is 1. The molecule has 6 heteroatoms. The highest BCUT2D eigenvalue weighted by molar-refractivity contribution is 6.31. The molecule has 0 fully saturated rings. The van der Waals surface area contributed by atoms with Gasteiger partial charge < -0.3 is 10.0 Å². The number of rotatable bonds is 1. The van der Waals surface area contributed by atoms with Crippen molar-refractivity contribution in [2.75, 3.05) is 11.4 Å². The summed E-state index contributed by atoms with van der Waals surface area (Å²) in [6.07, 6.45) is 0. The largest absolute Gasteiger partial charge is 0.506 e. The first-order valence-corrected chi connectivity index (χ1v) is 6.81. The van der Waals surface area contributed by atoms with Crippen LogP contribution in [0.4, 0.5) is 11.5 Å². The van der Waals surface area contributed by atoms with E-state index in [2.05, 4.69) is 0 Å². The number of pyridine rings is 1. The lowest BCUT2D eigenvalue weighted by atomic mass is 10.1. The maximum atomic E-state index is 12.3. The Hall–Kier alpha value is -2.45. The molecule has 3 rings (SSSR count). The van der Waals surface area contributed by atoms with Crippen LogP contribution in [0.5, 0.6) is 5.75 Å². The van der Waals surface area contributed by atoms with Gasteiger partial charge >= 0.3 is 0 Å². The third kappa shape index (κ3) is 2.05. The monoisotopic (exact) mass is 301 g/mol. The smallest absolute Gasteiger partial charge is 0.270 e. The van der Waals surface area contributed by atoms with Crippen LogP contribution in [0.1, 0.15) is 11.1 Å². The first-order chi connectivity index (χ1) is 10.0. The van der Waals surface area contributed by atoms with Crippen LogP contribution in [0.25, 0.3) is 0 Å². The quantitative estimate of drug-likeness (QED) is 0.879. The predicted octanol–water partition coefficient (Wildman–Crippen LogP) is 2.54. The molecule has 1 aromatic carbocycles. The molecule has 1 N–H and O–H groups in total. The zero-order chi connectivity index (χ0) is 15.1. The number of aryl methyl sites for hydroxylation is 1. The number of hydrogen-bond acceptors (Lipinski definition) is 4. The maximum absolute atomic E-state index is 12.3. The molecule has 2 heterocycles. The van der Waals surface area contributed by atoms with Gasteiger partial charge in [-0.3, -0.25) is 9.36 Å². The fraction of sp³-hybridized carbons (Fsp3) is 0.200. The van der Waals surface area contributed by atoms with Crippen molar-refractivity contribution in [2.24, 2.45) is 0 Å². The van der Waals surface area contributed by atoms with Crippen LogP contribution in [-0.2, 0) is 6.54 Å². The van der Waals surface area contributed by atoms with Gasteiger partial charge in [-0.15, -0.1) is 0 Å². The molecular formula is C15H12ClN3O2. The van der Waals surface area contributed by atoms with E-state index in [1.807, 2.05) is 11.0 Å². The van der Waals surface area contributed by atoms with Gasteiger partial charge in [-0.1, -0.05) is 11.6 Å². The van der Waals surface area contributed by atoms with Crippen LogP contribution >= 0.6 is 11.6 Å². The van der Waals surface area contributed by atoms with Crippen molar-refractivity contribution in [2.45, 2.75) is 13.5 Å². The van der Waals surface area contributed by atoms with Crippen molar-refractivity contribution in [3.8, 4) is 11.8 Å². The fourth-order valence-electron chi connectivity index (χ4n) is 2.60. The Balaban J connectivity index is 2.20. The minimum Gasteiger partial charge on any atom is -0.506 e. The molecule has 0 amide bonds. The highest BCUT2D eigenvalue weighted by Gasteiger charge is 2.25. The Morgan fingerprint density at radius 2 is 2.10 bits per heavy atom. The van der Waals surface area contributed by atoms with Gasteiger partial charge in [-0.25, -0.2) is 0 Å². The number of nitrogens with zero attached hydrogens (tertiary/aromatic N) is 3. The van der Waals surface area contributed by atoms with Crippen LogP contribution < -0.4 is 10.5 Å². The van der Waals surface area contributed by atoms with E-state index in [0.717, 1.165) is 0 Å². The van der Waals surface area contributed by atoms with Gasteiger partial charge in [-0.2, -0.15) is 5.26 Å². The minimum absolute atomic E-state index is 0.0994. The Kier molecular flexibility index (Phi) is 3.11. The first kappa shape index (κ1) is 13.5. The summed E-state index contributed by atoms with van der Waals surface area (Å²) in [5.41, 5.74) is 1.05. The van der Waals surface area contributed by atoms with E-state index in [4.69, 9.17) is 16.9 Å². The summed E-state index contributed by atoms with van der Waals surface area (Å²) in [6.45, 7) is 2.74. The van der Waals surface area contributed by atoms with Gasteiger partial charge in [0.25, 0.3) is 5.56 Å². The number of phenolic OH excluding ortho intramolecular Hbond substituents is 1. The molecule has 0 saturated heterocycles. The topological polar surface area (TPSA) is 69.3 Å². The van der Waals surface area contributed by atoms with E-state index >= 15 is 0 Å². The van der Waals surface area contributed by atoms with E-state index < -0.39 is 0 Å². The molecule has 0 unspecified atom stereocenters. The minimum atomic E-state index is -0.295. The van der Waals surface area contributed by atoms with Crippen LogP contribution in [0, 0.1) is 18.3 Å². The second kappa shape index (κ2) is 4.83. The van der Waals surface area contributed by atoms with E-state index in [1.54, 1.807) is 29.7 Å². The van der Waals surface area contributed by atoms with Crippen molar-refractivity contribution in [1.82, 2.24) is 4.57 Å². The summed E-state index contributed by atoms with van der Waals surface area (Å²) in [5.74, 6) is 0.761. The van der Waals surface area contributed by atoms with E-state index in [9.17, 15) is 9.90 Å². The second-order valence-corrected chi connectivity index (χ2v) is 5.35. The molecule has 21 heavy (non-hydrogen) atoms. The molecular weight excluding hydrogens is 290 g/mol. The number of halogens is 1. The third-order valence-electron chi connectivity index (χ3n) is 3.64. The predicted molar refractivity (Wildman–Crippen MR) is 80.3 cm³/mol. The van der Waals surface area contributed by atoms with Crippen molar-refractivity contribution < 1.29 is 5.11 Å². The molecule has 2 aromatic rings. The molecule has 106 valence electrons. The number of fused-ring (bicyclic) bond motifs is 1. The number of nitriles is 1. The Labute approximate surface area is 126 Å². The molecule has 0 saturated carbocycles. The normalized spacial score (nSPS) is 13.1. The van der Waals surface area contributed by atoms with Crippen molar-refractivity contribution in [3.63, 3.8) is 0 Å². The van der Waals surface area contributed by atoms with Crippen LogP contribution in [0.15, 0.2) is 29.1 Å². The zero-order valence-electron chi connectivity index (χ0n) is 11.3. The number of phenols is 1.